The molecule has 0 saturated heterocycles. The van der Waals surface area contributed by atoms with Crippen molar-refractivity contribution < 1.29 is 23.0 Å². The highest BCUT2D eigenvalue weighted by Crippen LogP contribution is 2.39. The van der Waals surface area contributed by atoms with Crippen LogP contribution in [0.2, 0.25) is 0 Å². The lowest BCUT2D eigenvalue weighted by molar-refractivity contribution is 0.0734. The van der Waals surface area contributed by atoms with Crippen molar-refractivity contribution >= 4 is 5.95 Å². The van der Waals surface area contributed by atoms with E-state index in [2.05, 4.69) is 19.9 Å². The van der Waals surface area contributed by atoms with Crippen LogP contribution < -0.4 is 10.5 Å². The fraction of sp³-hybridized carbons (Fsp3) is 0.231. The fourth-order valence-corrected chi connectivity index (χ4v) is 3.63. The topological polar surface area (TPSA) is 107 Å². The highest BCUT2D eigenvalue weighted by atomic mass is 19.3. The van der Waals surface area contributed by atoms with Crippen LogP contribution >= 0.6 is 0 Å². The van der Waals surface area contributed by atoms with Gasteiger partial charge in [0, 0.05) is 11.3 Å². The monoisotopic (exact) mass is 495 g/mol. The predicted molar refractivity (Wildman–Crippen MR) is 129 cm³/mol. The summed E-state index contributed by atoms with van der Waals surface area (Å²) < 4.78 is 46.7. The number of nitrogens with two attached hydrogens (primary N) is 1. The SMILES string of the molecule is Cc1cc(-c2c(OCc3cccc(C(C)(C)O)n3)nc(N)nc2-c2ccc(F)cc2)cc(C(F)F)n1. The van der Waals surface area contributed by atoms with E-state index >= 15 is 0 Å². The van der Waals surface area contributed by atoms with Gasteiger partial charge in [-0.25, -0.2) is 18.2 Å². The highest BCUT2D eigenvalue weighted by molar-refractivity contribution is 5.85. The van der Waals surface area contributed by atoms with Gasteiger partial charge in [-0.15, -0.1) is 0 Å². The van der Waals surface area contributed by atoms with E-state index < -0.39 is 23.5 Å². The Hall–Kier alpha value is -4.05. The number of aryl methyl sites for hydroxylation is 1. The van der Waals surface area contributed by atoms with Gasteiger partial charge in [0.05, 0.1) is 22.6 Å². The van der Waals surface area contributed by atoms with E-state index in [1.54, 1.807) is 45.0 Å². The largest absolute Gasteiger partial charge is 0.471 e. The number of hydrogen-bond acceptors (Lipinski definition) is 7. The summed E-state index contributed by atoms with van der Waals surface area (Å²) in [5.41, 5.74) is 7.10. The smallest absolute Gasteiger partial charge is 0.280 e. The molecule has 0 bridgehead atoms. The molecule has 186 valence electrons. The number of hydrogen-bond donors (Lipinski definition) is 2. The number of alkyl halides is 2. The summed E-state index contributed by atoms with van der Waals surface area (Å²) >= 11 is 0. The summed E-state index contributed by atoms with van der Waals surface area (Å²) in [6.45, 7) is 4.77. The molecule has 3 N–H and O–H groups in total. The quantitative estimate of drug-likeness (QED) is 0.355. The number of ether oxygens (including phenoxy) is 1. The van der Waals surface area contributed by atoms with Crippen molar-refractivity contribution in [1.82, 2.24) is 19.9 Å². The maximum atomic E-state index is 13.6. The molecule has 0 atom stereocenters. The third-order valence-electron chi connectivity index (χ3n) is 5.29. The molecule has 0 radical (unpaired) electrons. The first-order valence-electron chi connectivity index (χ1n) is 11.0. The lowest BCUT2D eigenvalue weighted by atomic mass is 9.99. The maximum Gasteiger partial charge on any atom is 0.280 e. The Labute approximate surface area is 205 Å². The molecule has 7 nitrogen and oxygen atoms in total. The number of halogens is 3. The summed E-state index contributed by atoms with van der Waals surface area (Å²) in [6, 6.07) is 13.5. The number of nitrogens with zero attached hydrogens (tertiary/aromatic N) is 4. The van der Waals surface area contributed by atoms with Crippen molar-refractivity contribution in [1.29, 1.82) is 0 Å². The van der Waals surface area contributed by atoms with E-state index in [-0.39, 0.29) is 24.1 Å². The minimum Gasteiger partial charge on any atom is -0.471 e. The van der Waals surface area contributed by atoms with Gasteiger partial charge in [-0.1, -0.05) is 6.07 Å². The van der Waals surface area contributed by atoms with Crippen LogP contribution in [0.25, 0.3) is 22.4 Å². The summed E-state index contributed by atoms with van der Waals surface area (Å²) in [6.07, 6.45) is -2.80. The van der Waals surface area contributed by atoms with E-state index in [4.69, 9.17) is 10.5 Å². The lowest BCUT2D eigenvalue weighted by Crippen LogP contribution is -2.18. The first-order valence-corrected chi connectivity index (χ1v) is 11.0. The molecule has 1 aromatic carbocycles. The molecule has 10 heteroatoms. The second kappa shape index (κ2) is 9.90. The van der Waals surface area contributed by atoms with Gasteiger partial charge in [-0.05, 0) is 74.9 Å². The van der Waals surface area contributed by atoms with Crippen LogP contribution in [0.3, 0.4) is 0 Å². The molecule has 0 spiro atoms. The number of rotatable bonds is 7. The maximum absolute atomic E-state index is 13.6. The molecule has 3 heterocycles. The summed E-state index contributed by atoms with van der Waals surface area (Å²) in [5, 5.41) is 10.3. The number of pyridine rings is 2. The van der Waals surface area contributed by atoms with Crippen LogP contribution in [0.15, 0.2) is 54.6 Å². The van der Waals surface area contributed by atoms with Crippen molar-refractivity contribution in [3.63, 3.8) is 0 Å². The van der Waals surface area contributed by atoms with E-state index in [0.29, 0.717) is 33.8 Å². The highest BCUT2D eigenvalue weighted by Gasteiger charge is 2.22. The van der Waals surface area contributed by atoms with Crippen LogP contribution in [0.1, 0.15) is 43.0 Å². The molecule has 4 rings (SSSR count). The van der Waals surface area contributed by atoms with Crippen molar-refractivity contribution in [3.05, 3.63) is 83.2 Å². The van der Waals surface area contributed by atoms with Crippen molar-refractivity contribution in [2.75, 3.05) is 5.73 Å². The number of aliphatic hydroxyl groups is 1. The third kappa shape index (κ3) is 5.60. The second-order valence-corrected chi connectivity index (χ2v) is 8.70. The molecule has 0 fully saturated rings. The van der Waals surface area contributed by atoms with Crippen molar-refractivity contribution in [3.8, 4) is 28.3 Å². The Morgan fingerprint density at radius 3 is 2.36 bits per heavy atom. The second-order valence-electron chi connectivity index (χ2n) is 8.70. The Kier molecular flexibility index (Phi) is 6.89. The van der Waals surface area contributed by atoms with Gasteiger partial charge in [-0.3, -0.25) is 9.97 Å². The van der Waals surface area contributed by atoms with Gasteiger partial charge in [0.15, 0.2) is 0 Å². The van der Waals surface area contributed by atoms with Gasteiger partial charge < -0.3 is 15.6 Å². The van der Waals surface area contributed by atoms with Gasteiger partial charge >= 0.3 is 0 Å². The minimum atomic E-state index is -2.80. The van der Waals surface area contributed by atoms with Crippen LogP contribution in [0, 0.1) is 12.7 Å². The summed E-state index contributed by atoms with van der Waals surface area (Å²) in [4.78, 5) is 16.9. The van der Waals surface area contributed by atoms with Crippen LogP contribution in [-0.4, -0.2) is 25.0 Å². The van der Waals surface area contributed by atoms with E-state index in [0.717, 1.165) is 0 Å². The van der Waals surface area contributed by atoms with Gasteiger partial charge in [-0.2, -0.15) is 4.98 Å². The Morgan fingerprint density at radius 1 is 0.972 bits per heavy atom. The molecule has 3 aromatic heterocycles. The number of benzene rings is 1. The molecule has 0 unspecified atom stereocenters. The fourth-order valence-electron chi connectivity index (χ4n) is 3.63. The zero-order valence-corrected chi connectivity index (χ0v) is 19.8. The number of anilines is 1. The van der Waals surface area contributed by atoms with Gasteiger partial charge in [0.2, 0.25) is 11.8 Å². The van der Waals surface area contributed by atoms with Crippen molar-refractivity contribution in [2.24, 2.45) is 0 Å². The molecule has 0 saturated carbocycles. The van der Waals surface area contributed by atoms with E-state index in [1.165, 1.54) is 30.3 Å². The van der Waals surface area contributed by atoms with E-state index in [9.17, 15) is 18.3 Å². The first-order chi connectivity index (χ1) is 17.0. The van der Waals surface area contributed by atoms with Gasteiger partial charge in [0.25, 0.3) is 6.43 Å². The normalized spacial score (nSPS) is 11.7. The Morgan fingerprint density at radius 2 is 1.69 bits per heavy atom. The molecule has 36 heavy (non-hydrogen) atoms. The Bertz CT molecular complexity index is 1390. The molecule has 0 aliphatic rings. The standard InChI is InChI=1S/C26H24F3N5O2/c1-14-11-16(12-19(31-14)23(28)29)21-22(15-7-9-17(27)10-8-15)33-25(30)34-24(21)36-13-18-5-4-6-20(32-18)26(2,3)35/h4-12,23,35H,13H2,1-3H3,(H2,30,33,34). The zero-order valence-electron chi connectivity index (χ0n) is 19.8. The predicted octanol–water partition coefficient (Wildman–Crippen LogP) is 5.37. The molecule has 4 aromatic rings. The lowest BCUT2D eigenvalue weighted by Gasteiger charge is -2.18. The average molecular weight is 496 g/mol. The third-order valence-corrected chi connectivity index (χ3v) is 5.29. The van der Waals surface area contributed by atoms with Crippen LogP contribution in [0.5, 0.6) is 5.88 Å². The molecule has 0 amide bonds. The minimum absolute atomic E-state index is 0.0307. The Balaban J connectivity index is 1.85. The molecule has 0 aliphatic heterocycles. The van der Waals surface area contributed by atoms with Crippen molar-refractivity contribution in [2.45, 2.75) is 39.4 Å². The van der Waals surface area contributed by atoms with Crippen LogP contribution in [-0.2, 0) is 12.2 Å². The molecule has 0 aliphatic carbocycles. The van der Waals surface area contributed by atoms with Gasteiger partial charge in [0.1, 0.15) is 23.7 Å². The van der Waals surface area contributed by atoms with E-state index in [1.807, 2.05) is 0 Å². The number of nitrogen functional groups attached to an aromatic ring is 1. The van der Waals surface area contributed by atoms with Crippen LogP contribution in [0.4, 0.5) is 19.1 Å². The molecular formula is C26H24F3N5O2. The zero-order chi connectivity index (χ0) is 26.0. The summed E-state index contributed by atoms with van der Waals surface area (Å²) in [7, 11) is 0. The number of aromatic nitrogens is 4. The summed E-state index contributed by atoms with van der Waals surface area (Å²) in [5.74, 6) is -0.537. The average Bonchev–Trinajstić information content (AvgIpc) is 2.82. The molecular weight excluding hydrogens is 471 g/mol. The first kappa shape index (κ1) is 25.1.